The van der Waals surface area contributed by atoms with Crippen LogP contribution in [0.4, 0.5) is 0 Å². The highest BCUT2D eigenvalue weighted by atomic mass is 16.6. The van der Waals surface area contributed by atoms with Crippen LogP contribution in [0.2, 0.25) is 0 Å². The SMILES string of the molecule is CCCCCCCCCCCCCCCOCCOCCOCCOCCOCCCCC. The quantitative estimate of drug-likeness (QED) is 0.102. The fraction of sp³-hybridized carbons (Fsp3) is 1.00. The van der Waals surface area contributed by atoms with Crippen LogP contribution in [-0.4, -0.2) is 66.1 Å². The van der Waals surface area contributed by atoms with Crippen molar-refractivity contribution in [2.45, 2.75) is 117 Å². The summed E-state index contributed by atoms with van der Waals surface area (Å²) in [5.74, 6) is 0. The lowest BCUT2D eigenvalue weighted by atomic mass is 10.0. The van der Waals surface area contributed by atoms with Crippen molar-refractivity contribution in [3.05, 3.63) is 0 Å². The van der Waals surface area contributed by atoms with Gasteiger partial charge < -0.3 is 23.7 Å². The Morgan fingerprint density at radius 3 is 0.788 bits per heavy atom. The third-order valence-electron chi connectivity index (χ3n) is 5.77. The van der Waals surface area contributed by atoms with Crippen molar-refractivity contribution in [2.24, 2.45) is 0 Å². The molecule has 0 aromatic carbocycles. The van der Waals surface area contributed by atoms with Crippen molar-refractivity contribution in [1.29, 1.82) is 0 Å². The summed E-state index contributed by atoms with van der Waals surface area (Å²) in [4.78, 5) is 0. The molecule has 0 radical (unpaired) electrons. The highest BCUT2D eigenvalue weighted by Gasteiger charge is 1.96. The van der Waals surface area contributed by atoms with Gasteiger partial charge in [0.25, 0.3) is 0 Å². The van der Waals surface area contributed by atoms with E-state index >= 15 is 0 Å². The second-order valence-electron chi connectivity index (χ2n) is 9.01. The van der Waals surface area contributed by atoms with Crippen LogP contribution >= 0.6 is 0 Å². The van der Waals surface area contributed by atoms with Gasteiger partial charge in [-0.15, -0.1) is 0 Å². The number of unbranched alkanes of at least 4 members (excludes halogenated alkanes) is 14. The molecule has 0 aliphatic carbocycles. The second-order valence-corrected chi connectivity index (χ2v) is 9.01. The Kier molecular flexibility index (Phi) is 31.6. The number of hydrogen-bond acceptors (Lipinski definition) is 5. The minimum Gasteiger partial charge on any atom is -0.379 e. The number of ether oxygens (including phenoxy) is 5. The van der Waals surface area contributed by atoms with Gasteiger partial charge in [-0.2, -0.15) is 0 Å². The minimum absolute atomic E-state index is 0.606. The zero-order chi connectivity index (χ0) is 23.9. The van der Waals surface area contributed by atoms with Crippen LogP contribution in [-0.2, 0) is 23.7 Å². The van der Waals surface area contributed by atoms with Gasteiger partial charge in [-0.05, 0) is 12.8 Å². The summed E-state index contributed by atoms with van der Waals surface area (Å²) < 4.78 is 27.6. The maximum Gasteiger partial charge on any atom is 0.0701 e. The zero-order valence-corrected chi connectivity index (χ0v) is 22.4. The molecule has 5 nitrogen and oxygen atoms in total. The monoisotopic (exact) mass is 474 g/mol. The topological polar surface area (TPSA) is 46.2 Å². The number of hydrogen-bond donors (Lipinski definition) is 0. The van der Waals surface area contributed by atoms with Gasteiger partial charge in [-0.25, -0.2) is 0 Å². The molecule has 0 heterocycles. The van der Waals surface area contributed by atoms with Crippen molar-refractivity contribution in [3.8, 4) is 0 Å². The Balaban J connectivity index is 2.99. The largest absolute Gasteiger partial charge is 0.379 e. The lowest BCUT2D eigenvalue weighted by molar-refractivity contribution is -0.0114. The molecule has 33 heavy (non-hydrogen) atoms. The van der Waals surface area contributed by atoms with Crippen LogP contribution in [0.25, 0.3) is 0 Å². The summed E-state index contributed by atoms with van der Waals surface area (Å²) in [5, 5.41) is 0. The molecule has 0 aliphatic rings. The van der Waals surface area contributed by atoms with E-state index in [2.05, 4.69) is 13.8 Å². The molecule has 0 N–H and O–H groups in total. The number of rotatable bonds is 30. The first-order valence-electron chi connectivity index (χ1n) is 14.3. The highest BCUT2D eigenvalue weighted by molar-refractivity contribution is 4.49. The van der Waals surface area contributed by atoms with Crippen LogP contribution in [0.5, 0.6) is 0 Å². The Morgan fingerprint density at radius 2 is 0.455 bits per heavy atom. The highest BCUT2D eigenvalue weighted by Crippen LogP contribution is 2.12. The summed E-state index contributed by atoms with van der Waals surface area (Å²) in [6.07, 6.45) is 21.6. The Labute approximate surface area is 206 Å². The zero-order valence-electron chi connectivity index (χ0n) is 22.4. The summed E-state index contributed by atoms with van der Waals surface area (Å²) in [6, 6.07) is 0. The van der Waals surface area contributed by atoms with Gasteiger partial charge in [0.1, 0.15) is 0 Å². The molecular formula is C28H58O5. The minimum atomic E-state index is 0.606. The van der Waals surface area contributed by atoms with Crippen molar-refractivity contribution in [1.82, 2.24) is 0 Å². The van der Waals surface area contributed by atoms with E-state index in [0.29, 0.717) is 52.9 Å². The lowest BCUT2D eigenvalue weighted by Crippen LogP contribution is -2.13. The molecule has 0 aliphatic heterocycles. The average Bonchev–Trinajstić information content (AvgIpc) is 2.83. The molecule has 0 saturated heterocycles. The van der Waals surface area contributed by atoms with E-state index in [1.807, 2.05) is 0 Å². The van der Waals surface area contributed by atoms with Crippen LogP contribution in [0.3, 0.4) is 0 Å². The maximum absolute atomic E-state index is 5.65. The Morgan fingerprint density at radius 1 is 0.242 bits per heavy atom. The van der Waals surface area contributed by atoms with Gasteiger partial charge in [-0.1, -0.05) is 104 Å². The van der Waals surface area contributed by atoms with Crippen molar-refractivity contribution in [2.75, 3.05) is 66.1 Å². The molecule has 0 spiro atoms. The standard InChI is InChI=1S/C28H58O5/c1-3-5-7-8-9-10-11-12-13-14-15-16-18-20-30-22-24-32-26-28-33-27-25-31-23-21-29-19-17-6-4-2/h3-28H2,1-2H3. The van der Waals surface area contributed by atoms with E-state index < -0.39 is 0 Å². The smallest absolute Gasteiger partial charge is 0.0701 e. The van der Waals surface area contributed by atoms with Crippen LogP contribution in [0.15, 0.2) is 0 Å². The van der Waals surface area contributed by atoms with Crippen LogP contribution in [0.1, 0.15) is 117 Å². The first-order valence-corrected chi connectivity index (χ1v) is 14.3. The van der Waals surface area contributed by atoms with Crippen LogP contribution in [0, 0.1) is 0 Å². The molecule has 0 aromatic rings. The molecule has 0 rings (SSSR count). The molecule has 0 amide bonds. The van der Waals surface area contributed by atoms with Gasteiger partial charge in [0.2, 0.25) is 0 Å². The van der Waals surface area contributed by atoms with Crippen LogP contribution < -0.4 is 0 Å². The van der Waals surface area contributed by atoms with Gasteiger partial charge >= 0.3 is 0 Å². The van der Waals surface area contributed by atoms with Gasteiger partial charge in [0, 0.05) is 13.2 Å². The molecule has 0 saturated carbocycles. The van der Waals surface area contributed by atoms with Gasteiger partial charge in [0.15, 0.2) is 0 Å². The third-order valence-corrected chi connectivity index (χ3v) is 5.77. The van der Waals surface area contributed by atoms with E-state index in [1.54, 1.807) is 0 Å². The molecule has 5 heteroatoms. The van der Waals surface area contributed by atoms with Crippen molar-refractivity contribution >= 4 is 0 Å². The van der Waals surface area contributed by atoms with Crippen molar-refractivity contribution < 1.29 is 23.7 Å². The fourth-order valence-electron chi connectivity index (χ4n) is 3.66. The fourth-order valence-corrected chi connectivity index (χ4v) is 3.66. The average molecular weight is 475 g/mol. The lowest BCUT2D eigenvalue weighted by Gasteiger charge is -2.08. The normalized spacial score (nSPS) is 11.5. The Bertz CT molecular complexity index is 297. The molecular weight excluding hydrogens is 416 g/mol. The molecule has 0 fully saturated rings. The second kappa shape index (κ2) is 31.8. The molecule has 0 aromatic heterocycles. The summed E-state index contributed by atoms with van der Waals surface area (Å²) in [6.45, 7) is 11.3. The molecule has 0 atom stereocenters. The molecule has 200 valence electrons. The summed E-state index contributed by atoms with van der Waals surface area (Å²) in [5.41, 5.74) is 0. The molecule has 0 bridgehead atoms. The van der Waals surface area contributed by atoms with E-state index in [9.17, 15) is 0 Å². The van der Waals surface area contributed by atoms with Gasteiger partial charge in [0.05, 0.1) is 52.9 Å². The van der Waals surface area contributed by atoms with E-state index in [4.69, 9.17) is 23.7 Å². The Hall–Kier alpha value is -0.200. The summed E-state index contributed by atoms with van der Waals surface area (Å²) in [7, 11) is 0. The van der Waals surface area contributed by atoms with E-state index in [1.165, 1.54) is 96.3 Å². The predicted molar refractivity (Wildman–Crippen MR) is 139 cm³/mol. The maximum atomic E-state index is 5.65. The van der Waals surface area contributed by atoms with E-state index in [-0.39, 0.29) is 0 Å². The van der Waals surface area contributed by atoms with Crippen molar-refractivity contribution in [3.63, 3.8) is 0 Å². The van der Waals surface area contributed by atoms with Gasteiger partial charge in [-0.3, -0.25) is 0 Å². The predicted octanol–water partition coefficient (Wildman–Crippen LogP) is 7.35. The van der Waals surface area contributed by atoms with E-state index in [0.717, 1.165) is 19.6 Å². The molecule has 0 unspecified atom stereocenters. The first kappa shape index (κ1) is 32.8. The third kappa shape index (κ3) is 31.8. The summed E-state index contributed by atoms with van der Waals surface area (Å²) >= 11 is 0. The first-order chi connectivity index (χ1) is 16.4.